The lowest BCUT2D eigenvalue weighted by Crippen LogP contribution is -2.46. The van der Waals surface area contributed by atoms with Gasteiger partial charge in [0.15, 0.2) is 6.04 Å². The van der Waals surface area contributed by atoms with Crippen LogP contribution in [0.1, 0.15) is 40.3 Å². The fourth-order valence-corrected chi connectivity index (χ4v) is 4.55. The van der Waals surface area contributed by atoms with Crippen molar-refractivity contribution >= 4 is 45.0 Å². The third-order valence-electron chi connectivity index (χ3n) is 5.20. The molecule has 31 heavy (non-hydrogen) atoms. The molecule has 1 aromatic carbocycles. The first-order chi connectivity index (χ1) is 14.8. The molecule has 4 rings (SSSR count). The Morgan fingerprint density at radius 2 is 2.06 bits per heavy atom. The average molecular weight is 437 g/mol. The van der Waals surface area contributed by atoms with Crippen LogP contribution in [-0.4, -0.2) is 39.1 Å². The summed E-state index contributed by atoms with van der Waals surface area (Å²) in [6, 6.07) is 7.03. The summed E-state index contributed by atoms with van der Waals surface area (Å²) in [7, 11) is 0. The maximum absolute atomic E-state index is 13.1. The zero-order chi connectivity index (χ0) is 22.1. The van der Waals surface area contributed by atoms with Gasteiger partial charge in [0.1, 0.15) is 6.42 Å². The number of nitrogens with one attached hydrogen (secondary N) is 1. The zero-order valence-corrected chi connectivity index (χ0v) is 18.0. The Kier molecular flexibility index (Phi) is 5.60. The number of carbonyl (C=O) groups is 3. The van der Waals surface area contributed by atoms with Gasteiger partial charge in [0.25, 0.3) is 0 Å². The molecule has 2 aromatic heterocycles. The molecule has 3 amide bonds. The molecule has 0 unspecified atom stereocenters. The summed E-state index contributed by atoms with van der Waals surface area (Å²) < 4.78 is 1.09. The normalized spacial score (nSPS) is 18.5. The highest BCUT2D eigenvalue weighted by Crippen LogP contribution is 2.35. The first-order valence-corrected chi connectivity index (χ1v) is 10.7. The fourth-order valence-electron chi connectivity index (χ4n) is 3.74. The number of anilines is 1. The number of fused-ring (bicyclic) bond motifs is 1. The van der Waals surface area contributed by atoms with Crippen LogP contribution in [0.5, 0.6) is 0 Å². The standard InChI is InChI=1S/C22H21N5O3S/c1-12-3-5-18(14-4-6-19-17(8-14)25-13(2)31-19)27(11-12)22(30)21(29)26-16-7-15(20(23)28)9-24-10-16/h4-10,12,18H,3,11H2,1-2H3,(H2-,23,26,28,29)/p+1/t12-,18+/m1/s1. The highest BCUT2D eigenvalue weighted by Gasteiger charge is 2.40. The van der Waals surface area contributed by atoms with Crippen LogP contribution in [0.2, 0.25) is 0 Å². The summed E-state index contributed by atoms with van der Waals surface area (Å²) in [6.45, 7) is 4.46. The number of rotatable bonds is 3. The third kappa shape index (κ3) is 4.36. The second kappa shape index (κ2) is 8.35. The number of carbonyl (C=O) groups excluding carboxylic acids is 3. The van der Waals surface area contributed by atoms with E-state index >= 15 is 0 Å². The van der Waals surface area contributed by atoms with Crippen LogP contribution >= 0.6 is 11.3 Å². The molecule has 0 radical (unpaired) electrons. The number of aryl methyl sites for hydroxylation is 1. The lowest BCUT2D eigenvalue weighted by Gasteiger charge is -2.32. The number of nitrogens with zero attached hydrogens (tertiary/aromatic N) is 3. The minimum absolute atomic E-state index is 0.148. The molecule has 0 saturated carbocycles. The van der Waals surface area contributed by atoms with E-state index in [1.165, 1.54) is 18.5 Å². The second-order valence-corrected chi connectivity index (χ2v) is 8.95. The third-order valence-corrected chi connectivity index (χ3v) is 6.15. The maximum Gasteiger partial charge on any atom is 0.316 e. The molecule has 2 atom stereocenters. The Morgan fingerprint density at radius 1 is 1.26 bits per heavy atom. The summed E-state index contributed by atoms with van der Waals surface area (Å²) >= 11 is 1.62. The van der Waals surface area contributed by atoms with Gasteiger partial charge in [-0.15, -0.1) is 11.3 Å². The minimum atomic E-state index is -0.790. The molecule has 158 valence electrons. The van der Waals surface area contributed by atoms with E-state index in [0.717, 1.165) is 27.2 Å². The molecule has 0 spiro atoms. The van der Waals surface area contributed by atoms with Crippen molar-refractivity contribution in [2.75, 3.05) is 11.9 Å². The molecule has 1 aliphatic heterocycles. The quantitative estimate of drug-likeness (QED) is 0.483. The van der Waals surface area contributed by atoms with Crippen LogP contribution in [0.3, 0.4) is 0 Å². The maximum atomic E-state index is 13.1. The van der Waals surface area contributed by atoms with E-state index in [4.69, 9.17) is 5.73 Å². The number of piperidine rings is 1. The highest BCUT2D eigenvalue weighted by molar-refractivity contribution is 7.18. The molecule has 3 heterocycles. The Balaban J connectivity index is 1.57. The number of nitrogens with two attached hydrogens (primary N) is 1. The van der Waals surface area contributed by atoms with Gasteiger partial charge in [0.2, 0.25) is 5.91 Å². The van der Waals surface area contributed by atoms with E-state index in [2.05, 4.69) is 21.7 Å². The molecule has 0 bridgehead atoms. The van der Waals surface area contributed by atoms with Gasteiger partial charge in [-0.25, -0.2) is 4.98 Å². The summed E-state index contributed by atoms with van der Waals surface area (Å²) in [5.41, 5.74) is 7.44. The molecule has 1 aliphatic rings. The SMILES string of the molecule is Cc1nc2cc([C@@H]3[CH+]C[C@@H](C)CN3C(=O)C(=O)Nc3cncc(C(N)=O)c3)ccc2s1. The number of amides is 3. The molecular weight excluding hydrogens is 414 g/mol. The van der Waals surface area contributed by atoms with Gasteiger partial charge in [-0.1, -0.05) is 13.0 Å². The van der Waals surface area contributed by atoms with Crippen LogP contribution in [0, 0.1) is 19.3 Å². The molecule has 0 aliphatic carbocycles. The summed E-state index contributed by atoms with van der Waals surface area (Å²) in [5, 5.41) is 3.51. The van der Waals surface area contributed by atoms with Gasteiger partial charge in [-0.2, -0.15) is 0 Å². The van der Waals surface area contributed by atoms with E-state index in [9.17, 15) is 14.4 Å². The number of hydrogen-bond donors (Lipinski definition) is 2. The Morgan fingerprint density at radius 3 is 2.84 bits per heavy atom. The van der Waals surface area contributed by atoms with E-state index in [1.54, 1.807) is 16.2 Å². The largest absolute Gasteiger partial charge is 0.366 e. The molecule has 1 fully saturated rings. The van der Waals surface area contributed by atoms with Gasteiger partial charge in [0.05, 0.1) is 39.1 Å². The van der Waals surface area contributed by atoms with Crippen molar-refractivity contribution < 1.29 is 14.4 Å². The van der Waals surface area contributed by atoms with Crippen molar-refractivity contribution in [1.29, 1.82) is 0 Å². The van der Waals surface area contributed by atoms with Gasteiger partial charge < -0.3 is 11.1 Å². The van der Waals surface area contributed by atoms with Crippen molar-refractivity contribution in [2.45, 2.75) is 26.3 Å². The number of likely N-dealkylation sites (tertiary alicyclic amines) is 1. The van der Waals surface area contributed by atoms with Gasteiger partial charge in [0, 0.05) is 24.2 Å². The summed E-state index contributed by atoms with van der Waals surface area (Å²) in [4.78, 5) is 47.2. The zero-order valence-electron chi connectivity index (χ0n) is 17.2. The van der Waals surface area contributed by atoms with Crippen molar-refractivity contribution in [3.63, 3.8) is 0 Å². The van der Waals surface area contributed by atoms with Gasteiger partial charge in [-0.05, 0) is 25.1 Å². The number of aromatic nitrogens is 2. The second-order valence-electron chi connectivity index (χ2n) is 7.72. The first-order valence-electron chi connectivity index (χ1n) is 9.89. The number of primary amides is 1. The van der Waals surface area contributed by atoms with Gasteiger partial charge >= 0.3 is 11.8 Å². The van der Waals surface area contributed by atoms with Gasteiger partial charge in [-0.3, -0.25) is 24.3 Å². The van der Waals surface area contributed by atoms with E-state index < -0.39 is 17.7 Å². The molecule has 3 aromatic rings. The molecule has 1 saturated heterocycles. The van der Waals surface area contributed by atoms with Crippen LogP contribution < -0.4 is 11.1 Å². The first kappa shape index (κ1) is 20.8. The number of benzene rings is 1. The Hall–Kier alpha value is -3.46. The van der Waals surface area contributed by atoms with Crippen LogP contribution in [-0.2, 0) is 9.59 Å². The number of thiazole rings is 1. The summed E-state index contributed by atoms with van der Waals surface area (Å²) in [5.74, 6) is -1.87. The topological polar surface area (TPSA) is 118 Å². The van der Waals surface area contributed by atoms with Crippen molar-refractivity contribution in [1.82, 2.24) is 14.9 Å². The number of hydrogen-bond acceptors (Lipinski definition) is 6. The fraction of sp³-hybridized carbons (Fsp3) is 0.273. The Bertz CT molecular complexity index is 1170. The molecule has 3 N–H and O–H groups in total. The lowest BCUT2D eigenvalue weighted by molar-refractivity contribution is -0.145. The lowest BCUT2D eigenvalue weighted by atomic mass is 9.89. The molecule has 8 nitrogen and oxygen atoms in total. The van der Waals surface area contributed by atoms with Crippen LogP contribution in [0.4, 0.5) is 5.69 Å². The predicted octanol–water partition coefficient (Wildman–Crippen LogP) is 2.85. The predicted molar refractivity (Wildman–Crippen MR) is 118 cm³/mol. The smallest absolute Gasteiger partial charge is 0.316 e. The monoisotopic (exact) mass is 436 g/mol. The van der Waals surface area contributed by atoms with E-state index in [0.29, 0.717) is 6.54 Å². The van der Waals surface area contributed by atoms with Crippen molar-refractivity contribution in [2.24, 2.45) is 11.7 Å². The van der Waals surface area contributed by atoms with Crippen LogP contribution in [0.15, 0.2) is 36.7 Å². The van der Waals surface area contributed by atoms with Crippen LogP contribution in [0.25, 0.3) is 10.2 Å². The highest BCUT2D eigenvalue weighted by atomic mass is 32.1. The molecule has 9 heteroatoms. The minimum Gasteiger partial charge on any atom is -0.366 e. The summed E-state index contributed by atoms with van der Waals surface area (Å²) in [6.07, 6.45) is 5.57. The Labute approximate surface area is 183 Å². The molecular formula is C22H22N5O3S+. The van der Waals surface area contributed by atoms with Crippen molar-refractivity contribution in [3.8, 4) is 0 Å². The van der Waals surface area contributed by atoms with Crippen molar-refractivity contribution in [3.05, 3.63) is 59.2 Å². The number of pyridine rings is 1. The van der Waals surface area contributed by atoms with E-state index in [-0.39, 0.29) is 23.2 Å². The average Bonchev–Trinajstić information content (AvgIpc) is 3.12. The van der Waals surface area contributed by atoms with E-state index in [1.807, 2.05) is 32.0 Å².